The van der Waals surface area contributed by atoms with Gasteiger partial charge in [-0.2, -0.15) is 0 Å². The Bertz CT molecular complexity index is 793. The van der Waals surface area contributed by atoms with Crippen LogP contribution in [0.5, 0.6) is 0 Å². The molecule has 0 unspecified atom stereocenters. The fourth-order valence-electron chi connectivity index (χ4n) is 3.08. The van der Waals surface area contributed by atoms with Crippen molar-refractivity contribution in [3.63, 3.8) is 0 Å². The zero-order valence-electron chi connectivity index (χ0n) is 15.1. The predicted molar refractivity (Wildman–Crippen MR) is 105 cm³/mol. The summed E-state index contributed by atoms with van der Waals surface area (Å²) in [5, 5.41) is 0. The Balaban J connectivity index is 2.13. The van der Waals surface area contributed by atoms with Gasteiger partial charge in [-0.25, -0.2) is 0 Å². The highest BCUT2D eigenvalue weighted by atomic mass is 14.1. The van der Waals surface area contributed by atoms with Crippen molar-refractivity contribution in [1.29, 1.82) is 0 Å². The molecule has 0 radical (unpaired) electrons. The van der Waals surface area contributed by atoms with Gasteiger partial charge in [-0.05, 0) is 45.2 Å². The van der Waals surface area contributed by atoms with Crippen LogP contribution in [0.4, 0.5) is 0 Å². The van der Waals surface area contributed by atoms with E-state index in [1.54, 1.807) is 0 Å². The van der Waals surface area contributed by atoms with Gasteiger partial charge in [0.2, 0.25) is 0 Å². The largest absolute Gasteiger partial charge is 0.0622 e. The monoisotopic (exact) mass is 314 g/mol. The molecule has 0 aliphatic carbocycles. The zero-order chi connectivity index (χ0) is 17.1. The third-order valence-electron chi connectivity index (χ3n) is 4.68. The molecule has 0 saturated carbocycles. The van der Waals surface area contributed by atoms with Gasteiger partial charge in [0.1, 0.15) is 0 Å². The molecular weight excluding hydrogens is 288 g/mol. The van der Waals surface area contributed by atoms with Gasteiger partial charge in [-0.15, -0.1) is 0 Å². The molecule has 0 bridgehead atoms. The van der Waals surface area contributed by atoms with Gasteiger partial charge in [0.05, 0.1) is 0 Å². The Morgan fingerprint density at radius 1 is 0.500 bits per heavy atom. The lowest BCUT2D eigenvalue weighted by atomic mass is 9.89. The molecule has 0 atom stereocenters. The minimum atomic E-state index is 0.532. The predicted octanol–water partition coefficient (Wildman–Crippen LogP) is 7.27. The van der Waals surface area contributed by atoms with Crippen molar-refractivity contribution in [3.8, 4) is 22.3 Å². The van der Waals surface area contributed by atoms with E-state index in [2.05, 4.69) is 100 Å². The van der Waals surface area contributed by atoms with Crippen LogP contribution in [0.15, 0.2) is 72.8 Å². The van der Waals surface area contributed by atoms with Crippen molar-refractivity contribution in [2.24, 2.45) is 0 Å². The molecule has 0 heterocycles. The van der Waals surface area contributed by atoms with Crippen molar-refractivity contribution in [3.05, 3.63) is 83.9 Å². The molecule has 0 nitrogen and oxygen atoms in total. The van der Waals surface area contributed by atoms with E-state index in [-0.39, 0.29) is 0 Å². The Hall–Kier alpha value is -2.34. The highest BCUT2D eigenvalue weighted by Gasteiger charge is 2.10. The molecule has 0 saturated heterocycles. The van der Waals surface area contributed by atoms with Crippen LogP contribution in [0.25, 0.3) is 22.3 Å². The first-order chi connectivity index (χ1) is 11.6. The van der Waals surface area contributed by atoms with E-state index in [0.717, 1.165) is 0 Å². The van der Waals surface area contributed by atoms with E-state index in [1.807, 2.05) is 0 Å². The van der Waals surface area contributed by atoms with Crippen LogP contribution in [0.1, 0.15) is 50.7 Å². The lowest BCUT2D eigenvalue weighted by Gasteiger charge is -2.15. The van der Waals surface area contributed by atoms with Crippen molar-refractivity contribution in [2.45, 2.75) is 39.5 Å². The van der Waals surface area contributed by atoms with Crippen LogP contribution in [0, 0.1) is 0 Å². The van der Waals surface area contributed by atoms with Crippen molar-refractivity contribution in [1.82, 2.24) is 0 Å². The molecule has 24 heavy (non-hydrogen) atoms. The first-order valence-electron chi connectivity index (χ1n) is 8.86. The summed E-state index contributed by atoms with van der Waals surface area (Å²) in [6.45, 7) is 8.98. The fourth-order valence-corrected chi connectivity index (χ4v) is 3.08. The first-order valence-corrected chi connectivity index (χ1v) is 8.86. The molecular formula is C24H26. The van der Waals surface area contributed by atoms with Gasteiger partial charge in [0, 0.05) is 0 Å². The second kappa shape index (κ2) is 7.05. The highest BCUT2D eigenvalue weighted by Crippen LogP contribution is 2.35. The van der Waals surface area contributed by atoms with Crippen LogP contribution >= 0.6 is 0 Å². The third kappa shape index (κ3) is 3.43. The van der Waals surface area contributed by atoms with E-state index >= 15 is 0 Å². The molecule has 3 aromatic carbocycles. The summed E-state index contributed by atoms with van der Waals surface area (Å²) >= 11 is 0. The minimum Gasteiger partial charge on any atom is -0.0622 e. The van der Waals surface area contributed by atoms with E-state index in [4.69, 9.17) is 0 Å². The second-order valence-corrected chi connectivity index (χ2v) is 7.10. The van der Waals surface area contributed by atoms with Crippen LogP contribution in [0.2, 0.25) is 0 Å². The molecule has 0 aliphatic heterocycles. The van der Waals surface area contributed by atoms with Crippen molar-refractivity contribution < 1.29 is 0 Å². The number of rotatable bonds is 4. The maximum Gasteiger partial charge on any atom is -0.0103 e. The SMILES string of the molecule is CC(C)c1ccc(-c2ccc(C(C)C)cc2-c2ccccc2)cc1. The van der Waals surface area contributed by atoms with Gasteiger partial charge in [0.25, 0.3) is 0 Å². The van der Waals surface area contributed by atoms with Crippen LogP contribution < -0.4 is 0 Å². The fraction of sp³-hybridized carbons (Fsp3) is 0.250. The van der Waals surface area contributed by atoms with E-state index in [0.29, 0.717) is 11.8 Å². The number of hydrogen-bond donors (Lipinski definition) is 0. The van der Waals surface area contributed by atoms with Crippen molar-refractivity contribution in [2.75, 3.05) is 0 Å². The Morgan fingerprint density at radius 3 is 1.62 bits per heavy atom. The lowest BCUT2D eigenvalue weighted by molar-refractivity contribution is 0.866. The summed E-state index contributed by atoms with van der Waals surface area (Å²) in [4.78, 5) is 0. The highest BCUT2D eigenvalue weighted by molar-refractivity contribution is 5.84. The summed E-state index contributed by atoms with van der Waals surface area (Å²) in [5.74, 6) is 1.10. The Morgan fingerprint density at radius 2 is 1.04 bits per heavy atom. The third-order valence-corrected chi connectivity index (χ3v) is 4.68. The molecule has 3 aromatic rings. The maximum atomic E-state index is 2.35. The molecule has 122 valence electrons. The molecule has 0 fully saturated rings. The number of hydrogen-bond acceptors (Lipinski definition) is 0. The average molecular weight is 314 g/mol. The Kier molecular flexibility index (Phi) is 4.85. The molecule has 3 rings (SSSR count). The molecule has 0 aliphatic rings. The summed E-state index contributed by atoms with van der Waals surface area (Å²) in [6.07, 6.45) is 0. The lowest BCUT2D eigenvalue weighted by Crippen LogP contribution is -1.92. The van der Waals surface area contributed by atoms with Crippen molar-refractivity contribution >= 4 is 0 Å². The van der Waals surface area contributed by atoms with Gasteiger partial charge < -0.3 is 0 Å². The van der Waals surface area contributed by atoms with E-state index in [9.17, 15) is 0 Å². The second-order valence-electron chi connectivity index (χ2n) is 7.10. The quantitative estimate of drug-likeness (QED) is 0.475. The zero-order valence-corrected chi connectivity index (χ0v) is 15.1. The summed E-state index contributed by atoms with van der Waals surface area (Å²) in [5.41, 5.74) is 7.96. The van der Waals surface area contributed by atoms with Gasteiger partial charge in [-0.1, -0.05) is 100 Å². The molecule has 0 amide bonds. The molecule has 0 spiro atoms. The topological polar surface area (TPSA) is 0 Å². The Labute approximate surface area is 146 Å². The van der Waals surface area contributed by atoms with Crippen LogP contribution in [-0.2, 0) is 0 Å². The average Bonchev–Trinajstić information content (AvgIpc) is 2.62. The van der Waals surface area contributed by atoms with Gasteiger partial charge >= 0.3 is 0 Å². The smallest absolute Gasteiger partial charge is 0.0103 e. The van der Waals surface area contributed by atoms with Gasteiger partial charge in [0.15, 0.2) is 0 Å². The molecule has 0 aromatic heterocycles. The van der Waals surface area contributed by atoms with Crippen LogP contribution in [-0.4, -0.2) is 0 Å². The maximum absolute atomic E-state index is 2.35. The number of benzene rings is 3. The summed E-state index contributed by atoms with van der Waals surface area (Å²) < 4.78 is 0. The summed E-state index contributed by atoms with van der Waals surface area (Å²) in [7, 11) is 0. The van der Waals surface area contributed by atoms with Crippen LogP contribution in [0.3, 0.4) is 0 Å². The minimum absolute atomic E-state index is 0.532. The summed E-state index contributed by atoms with van der Waals surface area (Å²) in [6, 6.07) is 26.6. The molecule has 0 N–H and O–H groups in total. The molecule has 0 heteroatoms. The van der Waals surface area contributed by atoms with Gasteiger partial charge in [-0.3, -0.25) is 0 Å². The normalized spacial score (nSPS) is 11.2. The first kappa shape index (κ1) is 16.5. The van der Waals surface area contributed by atoms with E-state index < -0.39 is 0 Å². The standard InChI is InChI=1S/C24H26/c1-17(2)19-10-12-21(13-11-19)23-15-14-22(18(3)4)16-24(23)20-8-6-5-7-9-20/h5-18H,1-4H3. The van der Waals surface area contributed by atoms with E-state index in [1.165, 1.54) is 33.4 Å².